The number of nitrogens with one attached hydrogen (secondary N) is 1. The summed E-state index contributed by atoms with van der Waals surface area (Å²) in [5, 5.41) is 14.9. The molecule has 0 aliphatic rings. The summed E-state index contributed by atoms with van der Waals surface area (Å²) in [6.07, 6.45) is 1.46. The van der Waals surface area contributed by atoms with E-state index in [9.17, 15) is 10.1 Å². The Balaban J connectivity index is 1.53. The highest BCUT2D eigenvalue weighted by Gasteiger charge is 2.15. The Morgan fingerprint density at radius 3 is 2.49 bits per heavy atom. The van der Waals surface area contributed by atoms with E-state index in [1.807, 2.05) is 49.4 Å². The smallest absolute Gasteiger partial charge is 0.266 e. The van der Waals surface area contributed by atoms with Gasteiger partial charge in [-0.1, -0.05) is 65.7 Å². The van der Waals surface area contributed by atoms with Crippen LogP contribution >= 0.6 is 11.6 Å². The van der Waals surface area contributed by atoms with E-state index < -0.39 is 5.91 Å². The lowest BCUT2D eigenvalue weighted by Crippen LogP contribution is -2.13. The highest BCUT2D eigenvalue weighted by atomic mass is 35.5. The van der Waals surface area contributed by atoms with Gasteiger partial charge in [0.25, 0.3) is 5.91 Å². The first kappa shape index (κ1) is 23.9. The molecule has 0 heterocycles. The normalized spacial score (nSPS) is 11.1. The number of anilines is 1. The number of hydrogen-bond acceptors (Lipinski definition) is 4. The molecule has 5 nitrogen and oxygen atoms in total. The highest BCUT2D eigenvalue weighted by Crippen LogP contribution is 2.37. The molecule has 1 amide bonds. The quantitative estimate of drug-likeness (QED) is 0.229. The van der Waals surface area contributed by atoms with Crippen LogP contribution in [0.3, 0.4) is 0 Å². The summed E-state index contributed by atoms with van der Waals surface area (Å²) in [7, 11) is 1.51. The number of amides is 1. The van der Waals surface area contributed by atoms with Crippen LogP contribution in [-0.4, -0.2) is 13.0 Å². The van der Waals surface area contributed by atoms with E-state index in [1.54, 1.807) is 24.3 Å². The van der Waals surface area contributed by atoms with Gasteiger partial charge in [-0.2, -0.15) is 5.26 Å². The van der Waals surface area contributed by atoms with Crippen LogP contribution in [0.15, 0.2) is 84.4 Å². The van der Waals surface area contributed by atoms with Gasteiger partial charge >= 0.3 is 0 Å². The molecule has 6 heteroatoms. The average Bonchev–Trinajstić information content (AvgIpc) is 2.87. The van der Waals surface area contributed by atoms with Crippen LogP contribution in [0.25, 0.3) is 16.8 Å². The minimum Gasteiger partial charge on any atom is -0.493 e. The van der Waals surface area contributed by atoms with Crippen LogP contribution in [0, 0.1) is 18.3 Å². The number of ether oxygens (including phenoxy) is 2. The van der Waals surface area contributed by atoms with Gasteiger partial charge in [0.2, 0.25) is 0 Å². The maximum absolute atomic E-state index is 12.6. The van der Waals surface area contributed by atoms with Crippen molar-refractivity contribution in [3.05, 3.63) is 106 Å². The fourth-order valence-corrected chi connectivity index (χ4v) is 3.87. The lowest BCUT2D eigenvalue weighted by molar-refractivity contribution is -0.112. The molecule has 0 saturated carbocycles. The second-order valence-corrected chi connectivity index (χ2v) is 8.40. The van der Waals surface area contributed by atoms with Gasteiger partial charge in [0.15, 0.2) is 11.5 Å². The van der Waals surface area contributed by atoms with Crippen LogP contribution in [0.1, 0.15) is 16.7 Å². The van der Waals surface area contributed by atoms with E-state index in [0.29, 0.717) is 34.4 Å². The first-order chi connectivity index (χ1) is 17.0. The number of aryl methyl sites for hydroxylation is 1. The van der Waals surface area contributed by atoms with Crippen LogP contribution in [-0.2, 0) is 11.4 Å². The van der Waals surface area contributed by atoms with Crippen molar-refractivity contribution in [3.8, 4) is 17.6 Å². The fraction of sp³-hybridized carbons (Fsp3) is 0.103. The molecule has 0 unspecified atom stereocenters. The van der Waals surface area contributed by atoms with Crippen LogP contribution in [0.5, 0.6) is 11.5 Å². The zero-order valence-corrected chi connectivity index (χ0v) is 20.1. The molecule has 0 aliphatic carbocycles. The van der Waals surface area contributed by atoms with Crippen LogP contribution in [0.2, 0.25) is 5.02 Å². The number of methoxy groups -OCH3 is 1. The predicted octanol–water partition coefficient (Wildman–Crippen LogP) is 6.93. The molecule has 0 radical (unpaired) electrons. The fourth-order valence-electron chi connectivity index (χ4n) is 3.60. The molecule has 4 aromatic carbocycles. The summed E-state index contributed by atoms with van der Waals surface area (Å²) < 4.78 is 11.5. The summed E-state index contributed by atoms with van der Waals surface area (Å²) in [5.41, 5.74) is 3.15. The predicted molar refractivity (Wildman–Crippen MR) is 140 cm³/mol. The molecular weight excluding hydrogens is 460 g/mol. The molecule has 0 aliphatic heterocycles. The Hall–Kier alpha value is -4.27. The summed E-state index contributed by atoms with van der Waals surface area (Å²) in [6, 6.07) is 26.8. The SMILES string of the molecule is COc1cc(/C=C(\C#N)C(=O)Nc2ccc(C)cc2)cc(Cl)c1OCc1ccc2ccccc2c1. The van der Waals surface area contributed by atoms with Gasteiger partial charge in [-0.25, -0.2) is 0 Å². The largest absolute Gasteiger partial charge is 0.493 e. The minimum absolute atomic E-state index is 0.0615. The van der Waals surface area contributed by atoms with Crippen molar-refractivity contribution in [1.82, 2.24) is 0 Å². The first-order valence-corrected chi connectivity index (χ1v) is 11.3. The summed E-state index contributed by atoms with van der Waals surface area (Å²) >= 11 is 6.51. The molecular formula is C29H23ClN2O3. The molecule has 0 fully saturated rings. The Morgan fingerprint density at radius 1 is 1.03 bits per heavy atom. The highest BCUT2D eigenvalue weighted by molar-refractivity contribution is 6.32. The minimum atomic E-state index is -0.511. The second-order valence-electron chi connectivity index (χ2n) is 7.99. The number of benzene rings is 4. The number of fused-ring (bicyclic) bond motifs is 1. The van der Waals surface area contributed by atoms with Crippen molar-refractivity contribution in [1.29, 1.82) is 5.26 Å². The number of carbonyl (C=O) groups excluding carboxylic acids is 1. The molecule has 0 aromatic heterocycles. The van der Waals surface area contributed by atoms with Gasteiger partial charge in [-0.3, -0.25) is 4.79 Å². The standard InChI is InChI=1S/C29H23ClN2O3/c1-19-7-11-25(12-8-19)32-29(33)24(17-31)14-21-15-26(30)28(27(16-21)34-2)35-18-20-9-10-22-5-3-4-6-23(22)13-20/h3-16H,18H2,1-2H3,(H,32,33)/b24-14+. The van der Waals surface area contributed by atoms with E-state index in [0.717, 1.165) is 21.9 Å². The molecule has 0 bridgehead atoms. The molecule has 0 saturated heterocycles. The van der Waals surface area contributed by atoms with E-state index in [-0.39, 0.29) is 5.57 Å². The van der Waals surface area contributed by atoms with Gasteiger partial charge < -0.3 is 14.8 Å². The van der Waals surface area contributed by atoms with Crippen molar-refractivity contribution in [2.75, 3.05) is 12.4 Å². The van der Waals surface area contributed by atoms with Gasteiger partial charge in [0.05, 0.1) is 12.1 Å². The maximum atomic E-state index is 12.6. The van der Waals surface area contributed by atoms with Gasteiger partial charge in [0.1, 0.15) is 18.2 Å². The van der Waals surface area contributed by atoms with E-state index in [2.05, 4.69) is 23.5 Å². The van der Waals surface area contributed by atoms with Crippen molar-refractivity contribution in [2.24, 2.45) is 0 Å². The lowest BCUT2D eigenvalue weighted by Gasteiger charge is -2.14. The monoisotopic (exact) mass is 482 g/mol. The Morgan fingerprint density at radius 2 is 1.77 bits per heavy atom. The zero-order chi connectivity index (χ0) is 24.8. The van der Waals surface area contributed by atoms with Gasteiger partial charge in [0, 0.05) is 5.69 Å². The van der Waals surface area contributed by atoms with Crippen LogP contribution < -0.4 is 14.8 Å². The Kier molecular flexibility index (Phi) is 7.35. The molecule has 1 N–H and O–H groups in total. The number of carbonyl (C=O) groups is 1. The average molecular weight is 483 g/mol. The summed E-state index contributed by atoms with van der Waals surface area (Å²) in [4.78, 5) is 12.6. The Labute approximate surface area is 209 Å². The van der Waals surface area contributed by atoms with E-state index >= 15 is 0 Å². The van der Waals surface area contributed by atoms with E-state index in [4.69, 9.17) is 21.1 Å². The lowest BCUT2D eigenvalue weighted by atomic mass is 10.1. The van der Waals surface area contributed by atoms with Crippen LogP contribution in [0.4, 0.5) is 5.69 Å². The molecule has 4 rings (SSSR count). The van der Waals surface area contributed by atoms with Gasteiger partial charge in [-0.05, 0) is 65.2 Å². The number of nitrogens with zero attached hydrogens (tertiary/aromatic N) is 1. The molecule has 4 aromatic rings. The number of rotatable bonds is 7. The summed E-state index contributed by atoms with van der Waals surface area (Å²) in [6.45, 7) is 2.26. The van der Waals surface area contributed by atoms with Gasteiger partial charge in [-0.15, -0.1) is 0 Å². The third-order valence-corrected chi connectivity index (χ3v) is 5.72. The number of hydrogen-bond donors (Lipinski definition) is 1. The number of nitriles is 1. The number of halogens is 1. The second kappa shape index (κ2) is 10.8. The van der Waals surface area contributed by atoms with Crippen molar-refractivity contribution in [2.45, 2.75) is 13.5 Å². The maximum Gasteiger partial charge on any atom is 0.266 e. The molecule has 35 heavy (non-hydrogen) atoms. The topological polar surface area (TPSA) is 71.3 Å². The molecule has 174 valence electrons. The summed E-state index contributed by atoms with van der Waals surface area (Å²) in [5.74, 6) is 0.283. The van der Waals surface area contributed by atoms with E-state index in [1.165, 1.54) is 13.2 Å². The Bertz CT molecular complexity index is 1450. The molecule has 0 atom stereocenters. The van der Waals surface area contributed by atoms with Crippen molar-refractivity contribution >= 4 is 40.0 Å². The van der Waals surface area contributed by atoms with Crippen molar-refractivity contribution in [3.63, 3.8) is 0 Å². The first-order valence-electron chi connectivity index (χ1n) is 10.9. The zero-order valence-electron chi connectivity index (χ0n) is 19.3. The third-order valence-electron chi connectivity index (χ3n) is 5.43. The molecule has 0 spiro atoms. The van der Waals surface area contributed by atoms with Crippen molar-refractivity contribution < 1.29 is 14.3 Å². The third kappa shape index (κ3) is 5.81.